The average Bonchev–Trinajstić information content (AvgIpc) is 1.65. The van der Waals surface area contributed by atoms with Crippen molar-refractivity contribution < 1.29 is 141 Å². The van der Waals surface area contributed by atoms with Gasteiger partial charge in [-0.1, -0.05) is 126 Å². The number of carboxylic acids is 1. The molecule has 1 aromatic rings. The first-order chi connectivity index (χ1) is 69.3. The maximum absolute atomic E-state index is 14.7. The zero-order valence-electron chi connectivity index (χ0n) is 86.6. The second-order valence-electron chi connectivity index (χ2n) is 38.5. The number of aliphatic carboxylic acids is 1. The molecule has 832 valence electrons. The van der Waals surface area contributed by atoms with Crippen LogP contribution >= 0.6 is 0 Å². The summed E-state index contributed by atoms with van der Waals surface area (Å²) in [6, 6.07) is -20.9. The van der Waals surface area contributed by atoms with E-state index in [1.165, 1.54) is 27.7 Å². The van der Waals surface area contributed by atoms with E-state index in [1.807, 2.05) is 5.32 Å². The lowest BCUT2D eigenvalue weighted by molar-refractivity contribution is -0.145. The Morgan fingerprint density at radius 3 is 1.16 bits per heavy atom. The van der Waals surface area contributed by atoms with Crippen LogP contribution in [0.5, 0.6) is 0 Å². The molecule has 35 N–H and O–H groups in total. The summed E-state index contributed by atoms with van der Waals surface area (Å²) in [4.78, 5) is 329. The summed E-state index contributed by atoms with van der Waals surface area (Å²) in [7, 11) is 0. The van der Waals surface area contributed by atoms with E-state index in [2.05, 4.69) is 90.4 Å². The summed E-state index contributed by atoms with van der Waals surface area (Å²) < 4.78 is 0. The fourth-order valence-corrected chi connectivity index (χ4v) is 15.2. The number of rotatable bonds is 69. The number of hydrogen-bond acceptors (Lipinski definition) is 30. The second-order valence-corrected chi connectivity index (χ2v) is 38.5. The molecule has 1 aromatic carbocycles. The summed E-state index contributed by atoms with van der Waals surface area (Å²) in [5, 5.41) is 94.2. The number of primary amides is 4. The molecule has 54 nitrogen and oxygen atoms in total. The van der Waals surface area contributed by atoms with Crippen molar-refractivity contribution in [1.29, 1.82) is 0 Å². The van der Waals surface area contributed by atoms with E-state index >= 15 is 0 Å². The van der Waals surface area contributed by atoms with E-state index in [1.54, 1.807) is 99.6 Å². The SMILES string of the molecule is CC[C@H](C)[C@H](NC(=O)[C@H](CC(N)=O)NC(=O)[C@H](CCC(N)=O)NC(=O)[C@H](CCCCN)NC(=O)[C@H](C)NC(=O)CNC(=O)[C@@H]1CCCN1C(=O)[C@@H](NC(=O)[C@H](Cc1ccccc1)NC(=O)[C@H](CC(C)C)NC(=O)[C@H](CO)NC(=O)[C@@H](NC(=O)[C@H](CC(C)C)NC(=O)CNC(=O)[C@@H](N)CO)C(C)C)[C@@H](C)O)C(=O)N[C@@H](CCC(N)=O)C(=O)N[C@@H](CC(C)C)C(=O)N[C@H](C(=O)N[C@@H](CC(N)=O)C(=O)N[C@H](C(=O)O)[C@@H](C)O)[C@@H](C)CC. The molecule has 2 rings (SSSR count). The van der Waals surface area contributed by atoms with E-state index in [9.17, 15) is 141 Å². The Labute approximate surface area is 858 Å². The Morgan fingerprint density at radius 1 is 0.378 bits per heavy atom. The van der Waals surface area contributed by atoms with Gasteiger partial charge in [-0.2, -0.15) is 0 Å². The summed E-state index contributed by atoms with van der Waals surface area (Å²) in [5.41, 5.74) is 33.7. The van der Waals surface area contributed by atoms with Crippen LogP contribution in [0.3, 0.4) is 0 Å². The van der Waals surface area contributed by atoms with Crippen LogP contribution < -0.4 is 130 Å². The van der Waals surface area contributed by atoms with Crippen molar-refractivity contribution in [3.63, 3.8) is 0 Å². The molecule has 0 radical (unpaired) electrons. The van der Waals surface area contributed by atoms with Crippen molar-refractivity contribution in [2.24, 2.45) is 69.9 Å². The van der Waals surface area contributed by atoms with Gasteiger partial charge < -0.3 is 161 Å². The van der Waals surface area contributed by atoms with Crippen molar-refractivity contribution in [3.8, 4) is 0 Å². The Balaban J connectivity index is 2.42. The molecule has 0 saturated carbocycles. The van der Waals surface area contributed by atoms with Crippen molar-refractivity contribution in [1.82, 2.24) is 101 Å². The van der Waals surface area contributed by atoms with Crippen molar-refractivity contribution >= 4 is 142 Å². The number of nitrogens with zero attached hydrogens (tertiary/aromatic N) is 1. The van der Waals surface area contributed by atoms with Gasteiger partial charge in [0.15, 0.2) is 6.04 Å². The Morgan fingerprint density at radius 2 is 0.736 bits per heavy atom. The molecule has 54 heteroatoms. The molecule has 0 spiro atoms. The number of hydrogen-bond donors (Lipinski definition) is 29. The number of carbonyl (C=O) groups is 24. The van der Waals surface area contributed by atoms with Gasteiger partial charge in [0, 0.05) is 25.8 Å². The Kier molecular flexibility index (Phi) is 57.9. The number of unbranched alkanes of at least 4 members (excludes halogenated alkanes) is 1. The number of aliphatic hydroxyl groups is 4. The minimum atomic E-state index is -2.00. The van der Waals surface area contributed by atoms with Crippen LogP contribution in [0, 0.1) is 35.5 Å². The summed E-state index contributed by atoms with van der Waals surface area (Å²) in [6.07, 6.45) is -7.31. The first-order valence-electron chi connectivity index (χ1n) is 49.4. The Hall–Kier alpha value is -13.7. The van der Waals surface area contributed by atoms with Gasteiger partial charge in [0.2, 0.25) is 136 Å². The van der Waals surface area contributed by atoms with Gasteiger partial charge >= 0.3 is 5.97 Å². The molecule has 23 amide bonds. The number of carbonyl (C=O) groups excluding carboxylic acids is 23. The van der Waals surface area contributed by atoms with Gasteiger partial charge in [0.1, 0.15) is 103 Å². The predicted octanol–water partition coefficient (Wildman–Crippen LogP) is -10.3. The molecule has 0 aromatic heterocycles. The standard InChI is InChI=1S/C94H157N25O29/c1-16-48(11)73(91(144)107-57(29-31-67(98)125)81(134)108-60(36-46(7)8)84(137)115-74(49(12)17-2)92(145)112-63(39-69(100)127)87(140)118-76(52(15)123)94(147)148)116-86(139)62(38-68(99)126)111-80(133)56(28-30-66(97)124)106-79(132)55(26-21-22-32-95)105-77(130)50(13)103-70(128)40-102-89(142)65-27-23-33-119(65)93(146)75(51(14)122)117-85(138)61(37-53-24-19-18-20-25-53)110-82(135)59(35-45(5)6)109-88(141)64(43-121)113-90(143)72(47(9)10)114-83(136)58(34-44(3)4)104-71(129)41-101-78(131)54(96)42-120/h18-20,24-25,44-52,54-65,72-76,120-123H,16-17,21-23,26-43,95-96H2,1-15H3,(H2,97,124)(H2,98,125)(H2,99,126)(H2,100,127)(H,101,131)(H,102,142)(H,103,128)(H,104,129)(H,105,130)(H,106,132)(H,107,144)(H,108,134)(H,109,141)(H,110,135)(H,111,133)(H,112,145)(H,113,143)(H,114,136)(H,115,137)(H,116,139)(H,117,138)(H,118,140)(H,147,148)/t48-,49-,50-,51+,52+,54-,55-,56-,57-,58-,59-,60-,61-,62-,63-,64-,65-,72-,73-,74-,75-,76-/m0/s1. The smallest absolute Gasteiger partial charge is 0.328 e. The van der Waals surface area contributed by atoms with Gasteiger partial charge in [-0.25, -0.2) is 4.79 Å². The number of benzene rings is 1. The summed E-state index contributed by atoms with van der Waals surface area (Å²) >= 11 is 0. The fraction of sp³-hybridized carbons (Fsp3) is 0.681. The van der Waals surface area contributed by atoms with Gasteiger partial charge in [-0.15, -0.1) is 0 Å². The minimum Gasteiger partial charge on any atom is -0.480 e. The number of carboxylic acid groups (broad SMARTS) is 1. The third kappa shape index (κ3) is 46.5. The van der Waals surface area contributed by atoms with E-state index < -0.39 is 351 Å². The van der Waals surface area contributed by atoms with Gasteiger partial charge in [0.05, 0.1) is 51.4 Å². The van der Waals surface area contributed by atoms with Crippen LogP contribution in [0.25, 0.3) is 0 Å². The molecule has 1 aliphatic heterocycles. The number of aliphatic hydroxyl groups excluding tert-OH is 4. The van der Waals surface area contributed by atoms with E-state index in [0.717, 1.165) is 11.8 Å². The van der Waals surface area contributed by atoms with Crippen molar-refractivity contribution in [2.75, 3.05) is 39.4 Å². The Bertz CT molecular complexity index is 4700. The lowest BCUT2D eigenvalue weighted by Crippen LogP contribution is -2.62. The molecular weight excluding hydrogens is 1940 g/mol. The van der Waals surface area contributed by atoms with Crippen LogP contribution in [0.4, 0.5) is 0 Å². The first kappa shape index (κ1) is 130. The highest BCUT2D eigenvalue weighted by Crippen LogP contribution is 2.22. The largest absolute Gasteiger partial charge is 0.480 e. The second kappa shape index (κ2) is 65.8. The highest BCUT2D eigenvalue weighted by atomic mass is 16.4. The zero-order valence-corrected chi connectivity index (χ0v) is 86.6. The molecule has 0 bridgehead atoms. The van der Waals surface area contributed by atoms with Crippen LogP contribution in [-0.4, -0.2) is 333 Å². The zero-order chi connectivity index (χ0) is 113. The molecular formula is C94H157N25O29. The number of amides is 23. The van der Waals surface area contributed by atoms with Gasteiger partial charge in [-0.05, 0) is 133 Å². The van der Waals surface area contributed by atoms with Crippen molar-refractivity contribution in [2.45, 2.75) is 334 Å². The lowest BCUT2D eigenvalue weighted by Gasteiger charge is -2.31. The maximum Gasteiger partial charge on any atom is 0.328 e. The number of nitrogens with one attached hydrogen (secondary N) is 18. The minimum absolute atomic E-state index is 0.00678. The molecule has 148 heavy (non-hydrogen) atoms. The molecule has 22 atom stereocenters. The highest BCUT2D eigenvalue weighted by molar-refractivity contribution is 6.03. The van der Waals surface area contributed by atoms with Crippen LogP contribution in [-0.2, 0) is 121 Å². The lowest BCUT2D eigenvalue weighted by atomic mass is 9.95. The van der Waals surface area contributed by atoms with Crippen LogP contribution in [0.15, 0.2) is 30.3 Å². The highest BCUT2D eigenvalue weighted by Gasteiger charge is 2.45. The fourth-order valence-electron chi connectivity index (χ4n) is 15.2. The molecule has 1 saturated heterocycles. The topological polar surface area (TPSA) is 887 Å². The van der Waals surface area contributed by atoms with Crippen LogP contribution in [0.1, 0.15) is 212 Å². The van der Waals surface area contributed by atoms with Crippen molar-refractivity contribution in [3.05, 3.63) is 35.9 Å². The third-order valence-corrected chi connectivity index (χ3v) is 24.0. The molecule has 1 fully saturated rings. The van der Waals surface area contributed by atoms with E-state index in [4.69, 9.17) is 34.4 Å². The average molecular weight is 2100 g/mol. The predicted molar refractivity (Wildman–Crippen MR) is 530 cm³/mol. The number of nitrogens with two attached hydrogens (primary N) is 6. The quantitative estimate of drug-likeness (QED) is 0.0269. The molecule has 0 unspecified atom stereocenters. The van der Waals surface area contributed by atoms with Gasteiger partial charge in [-0.3, -0.25) is 110 Å². The normalized spacial score (nSPS) is 16.6. The summed E-state index contributed by atoms with van der Waals surface area (Å²) in [5.74, 6) is -28.8. The van der Waals surface area contributed by atoms with Gasteiger partial charge in [0.25, 0.3) is 0 Å². The monoisotopic (exact) mass is 2100 g/mol. The van der Waals surface area contributed by atoms with E-state index in [-0.39, 0.29) is 95.6 Å². The third-order valence-electron chi connectivity index (χ3n) is 24.0. The number of likely N-dealkylation sites (tertiary alicyclic amines) is 1. The molecule has 0 aliphatic carbocycles. The first-order valence-corrected chi connectivity index (χ1v) is 49.4. The van der Waals surface area contributed by atoms with E-state index in [0.29, 0.717) is 5.56 Å². The molecule has 1 heterocycles. The molecule has 1 aliphatic rings. The van der Waals surface area contributed by atoms with Crippen LogP contribution in [0.2, 0.25) is 0 Å². The summed E-state index contributed by atoms with van der Waals surface area (Å²) in [6.45, 7) is 19.8. The maximum atomic E-state index is 14.7.